The predicted molar refractivity (Wildman–Crippen MR) is 67.1 cm³/mol. The first kappa shape index (κ1) is 14.7. The summed E-state index contributed by atoms with van der Waals surface area (Å²) in [6.45, 7) is 4.41. The first-order chi connectivity index (χ1) is 7.31. The maximum absolute atomic E-state index is 11.4. The van der Waals surface area contributed by atoms with Crippen LogP contribution in [0.25, 0.3) is 0 Å². The molecule has 1 nitrogen and oxygen atoms in total. The van der Waals surface area contributed by atoms with Gasteiger partial charge in [0.15, 0.2) is 0 Å². The van der Waals surface area contributed by atoms with Crippen molar-refractivity contribution in [3.05, 3.63) is 0 Å². The molecule has 0 fully saturated rings. The van der Waals surface area contributed by atoms with Crippen LogP contribution in [0.5, 0.6) is 0 Å². The molecule has 0 aromatic rings. The highest BCUT2D eigenvalue weighted by Crippen LogP contribution is 2.09. The maximum Gasteiger partial charge on any atom is 0.132 e. The summed E-state index contributed by atoms with van der Waals surface area (Å²) in [6, 6.07) is 0. The van der Waals surface area contributed by atoms with Crippen molar-refractivity contribution in [1.29, 1.82) is 0 Å². The number of hydrogen-bond donors (Lipinski definition) is 0. The van der Waals surface area contributed by atoms with Crippen LogP contribution in [0, 0.1) is 0 Å². The van der Waals surface area contributed by atoms with E-state index in [4.69, 9.17) is 0 Å². The van der Waals surface area contributed by atoms with Crippen molar-refractivity contribution in [2.75, 3.05) is 0 Å². The summed E-state index contributed by atoms with van der Waals surface area (Å²) in [5.41, 5.74) is 0. The lowest BCUT2D eigenvalue weighted by Gasteiger charge is -2.01. The molecule has 90 valence electrons. The highest BCUT2D eigenvalue weighted by Gasteiger charge is 2.00. The third kappa shape index (κ3) is 11.6. The zero-order valence-corrected chi connectivity index (χ0v) is 10.7. The van der Waals surface area contributed by atoms with Gasteiger partial charge in [-0.3, -0.25) is 4.79 Å². The van der Waals surface area contributed by atoms with Crippen LogP contribution in [0.1, 0.15) is 84.5 Å². The minimum Gasteiger partial charge on any atom is -0.300 e. The summed E-state index contributed by atoms with van der Waals surface area (Å²) in [5, 5.41) is 0. The summed E-state index contributed by atoms with van der Waals surface area (Å²) in [4.78, 5) is 11.4. The van der Waals surface area contributed by atoms with Gasteiger partial charge in [-0.15, -0.1) is 0 Å². The Bertz CT molecular complexity index is 140. The van der Waals surface area contributed by atoms with Crippen molar-refractivity contribution in [3.63, 3.8) is 0 Å². The molecule has 0 spiro atoms. The Morgan fingerprint density at radius 1 is 0.667 bits per heavy atom. The molecular weight excluding hydrogens is 184 g/mol. The van der Waals surface area contributed by atoms with Gasteiger partial charge < -0.3 is 0 Å². The van der Waals surface area contributed by atoms with E-state index in [1.807, 2.05) is 0 Å². The van der Waals surface area contributed by atoms with Crippen LogP contribution in [0.4, 0.5) is 0 Å². The topological polar surface area (TPSA) is 17.1 Å². The lowest BCUT2D eigenvalue weighted by atomic mass is 10.0. The number of ketones is 1. The van der Waals surface area contributed by atoms with E-state index in [1.165, 1.54) is 44.9 Å². The summed E-state index contributed by atoms with van der Waals surface area (Å²) in [6.07, 6.45) is 12.9. The summed E-state index contributed by atoms with van der Waals surface area (Å²) in [7, 11) is 0. The number of unbranched alkanes of at least 4 members (excludes halogenated alkanes) is 7. The van der Waals surface area contributed by atoms with Crippen LogP contribution in [0.3, 0.4) is 0 Å². The Balaban J connectivity index is 3.10. The molecule has 0 saturated heterocycles. The minimum atomic E-state index is 0.485. The summed E-state index contributed by atoms with van der Waals surface area (Å²) >= 11 is 0. The van der Waals surface area contributed by atoms with E-state index in [0.717, 1.165) is 25.7 Å². The quantitative estimate of drug-likeness (QED) is 0.446. The molecule has 0 aliphatic rings. The van der Waals surface area contributed by atoms with Gasteiger partial charge in [-0.1, -0.05) is 58.8 Å². The molecule has 15 heavy (non-hydrogen) atoms. The molecule has 0 aliphatic carbocycles. The molecule has 0 atom stereocenters. The average Bonchev–Trinajstić information content (AvgIpc) is 2.23. The Kier molecular flexibility index (Phi) is 11.5. The second-order valence-electron chi connectivity index (χ2n) is 4.51. The van der Waals surface area contributed by atoms with Gasteiger partial charge in [-0.2, -0.15) is 0 Å². The molecule has 0 aromatic carbocycles. The fourth-order valence-electron chi connectivity index (χ4n) is 1.80. The molecule has 0 bridgehead atoms. The van der Waals surface area contributed by atoms with Gasteiger partial charge >= 0.3 is 0 Å². The SMILES string of the molecule is CCCCCCCCC(=O)CCCCC. The molecule has 0 radical (unpaired) electrons. The molecule has 0 heterocycles. The second kappa shape index (κ2) is 11.7. The first-order valence-electron chi connectivity index (χ1n) is 6.83. The lowest BCUT2D eigenvalue weighted by Crippen LogP contribution is -1.97. The number of carbonyl (C=O) groups excluding carboxylic acids is 1. The number of rotatable bonds is 11. The van der Waals surface area contributed by atoms with E-state index in [-0.39, 0.29) is 0 Å². The Labute approximate surface area is 95.6 Å². The number of carbonyl (C=O) groups is 1. The molecule has 1 heteroatoms. The molecule has 0 saturated carbocycles. The first-order valence-corrected chi connectivity index (χ1v) is 6.83. The normalized spacial score (nSPS) is 10.5. The van der Waals surface area contributed by atoms with E-state index in [2.05, 4.69) is 13.8 Å². The van der Waals surface area contributed by atoms with Gasteiger partial charge in [0.2, 0.25) is 0 Å². The van der Waals surface area contributed by atoms with Crippen molar-refractivity contribution in [2.24, 2.45) is 0 Å². The molecular formula is C14H28O. The lowest BCUT2D eigenvalue weighted by molar-refractivity contribution is -0.119. The highest BCUT2D eigenvalue weighted by atomic mass is 16.1. The predicted octanol–water partition coefficient (Wildman–Crippen LogP) is 4.89. The zero-order valence-electron chi connectivity index (χ0n) is 10.7. The zero-order chi connectivity index (χ0) is 11.4. The number of Topliss-reactive ketones (excluding diaryl/α,β-unsaturated/α-hetero) is 1. The van der Waals surface area contributed by atoms with Gasteiger partial charge in [0.05, 0.1) is 0 Å². The highest BCUT2D eigenvalue weighted by molar-refractivity contribution is 5.78. The standard InChI is InChI=1S/C14H28O/c1-3-5-7-8-9-11-13-14(15)12-10-6-4-2/h3-13H2,1-2H3. The Hall–Kier alpha value is -0.330. The molecule has 0 unspecified atom stereocenters. The summed E-state index contributed by atoms with van der Waals surface area (Å²) in [5.74, 6) is 0.485. The third-order valence-corrected chi connectivity index (χ3v) is 2.87. The average molecular weight is 212 g/mol. The van der Waals surface area contributed by atoms with Crippen LogP contribution in [0.2, 0.25) is 0 Å². The van der Waals surface area contributed by atoms with Crippen LogP contribution >= 0.6 is 0 Å². The third-order valence-electron chi connectivity index (χ3n) is 2.87. The second-order valence-corrected chi connectivity index (χ2v) is 4.51. The van der Waals surface area contributed by atoms with E-state index >= 15 is 0 Å². The number of hydrogen-bond acceptors (Lipinski definition) is 1. The summed E-state index contributed by atoms with van der Waals surface area (Å²) < 4.78 is 0. The van der Waals surface area contributed by atoms with Gasteiger partial charge in [-0.25, -0.2) is 0 Å². The van der Waals surface area contributed by atoms with E-state index in [0.29, 0.717) is 5.78 Å². The van der Waals surface area contributed by atoms with Crippen molar-refractivity contribution in [3.8, 4) is 0 Å². The Morgan fingerprint density at radius 2 is 1.07 bits per heavy atom. The van der Waals surface area contributed by atoms with E-state index in [1.54, 1.807) is 0 Å². The molecule has 0 aromatic heterocycles. The van der Waals surface area contributed by atoms with E-state index in [9.17, 15) is 4.79 Å². The molecule has 0 amide bonds. The van der Waals surface area contributed by atoms with Crippen LogP contribution < -0.4 is 0 Å². The van der Waals surface area contributed by atoms with Gasteiger partial charge in [0.25, 0.3) is 0 Å². The monoisotopic (exact) mass is 212 g/mol. The minimum absolute atomic E-state index is 0.485. The van der Waals surface area contributed by atoms with Crippen LogP contribution in [0.15, 0.2) is 0 Å². The van der Waals surface area contributed by atoms with Crippen molar-refractivity contribution in [1.82, 2.24) is 0 Å². The van der Waals surface area contributed by atoms with Gasteiger partial charge in [0, 0.05) is 12.8 Å². The Morgan fingerprint density at radius 3 is 1.67 bits per heavy atom. The fraction of sp³-hybridized carbons (Fsp3) is 0.929. The molecule has 0 rings (SSSR count). The molecule has 0 N–H and O–H groups in total. The van der Waals surface area contributed by atoms with Crippen LogP contribution in [-0.4, -0.2) is 5.78 Å². The van der Waals surface area contributed by atoms with E-state index < -0.39 is 0 Å². The van der Waals surface area contributed by atoms with Crippen molar-refractivity contribution < 1.29 is 4.79 Å². The van der Waals surface area contributed by atoms with Crippen molar-refractivity contribution >= 4 is 5.78 Å². The van der Waals surface area contributed by atoms with Gasteiger partial charge in [-0.05, 0) is 12.8 Å². The van der Waals surface area contributed by atoms with Crippen molar-refractivity contribution in [2.45, 2.75) is 84.5 Å². The smallest absolute Gasteiger partial charge is 0.132 e. The molecule has 0 aliphatic heterocycles. The largest absolute Gasteiger partial charge is 0.300 e. The fourth-order valence-corrected chi connectivity index (χ4v) is 1.80. The maximum atomic E-state index is 11.4. The van der Waals surface area contributed by atoms with Gasteiger partial charge in [0.1, 0.15) is 5.78 Å². The van der Waals surface area contributed by atoms with Crippen LogP contribution in [-0.2, 0) is 4.79 Å².